The van der Waals surface area contributed by atoms with Crippen LogP contribution in [0.3, 0.4) is 0 Å². The van der Waals surface area contributed by atoms with E-state index < -0.39 is 48.0 Å². The maximum absolute atomic E-state index is 12.5. The van der Waals surface area contributed by atoms with Gasteiger partial charge >= 0.3 is 18.0 Å². The lowest BCUT2D eigenvalue weighted by atomic mass is 9.98. The number of carbonyl (C=O) groups excluding carboxylic acids is 4. The monoisotopic (exact) mass is 553 g/mol. The molecule has 2 aromatic rings. The SMILES string of the molecule is CC(C)(C)OC(=O)CC[C@H](NC(=O)CCNC(=O)OCC1c2ccccc2-c2ccccc21)C(=O)NCC(=O)O. The molecule has 0 aromatic heterocycles. The smallest absolute Gasteiger partial charge is 0.407 e. The molecular formula is C29H35N3O8. The molecule has 0 spiro atoms. The molecule has 1 aliphatic rings. The highest BCUT2D eigenvalue weighted by atomic mass is 16.6. The molecule has 0 heterocycles. The van der Waals surface area contributed by atoms with Crippen LogP contribution in [0.15, 0.2) is 48.5 Å². The number of carboxylic acid groups (broad SMARTS) is 1. The topological polar surface area (TPSA) is 160 Å². The van der Waals surface area contributed by atoms with Gasteiger partial charge in [0.1, 0.15) is 24.8 Å². The Morgan fingerprint density at radius 3 is 2.08 bits per heavy atom. The molecule has 40 heavy (non-hydrogen) atoms. The van der Waals surface area contributed by atoms with Gasteiger partial charge in [0.05, 0.1) is 0 Å². The number of esters is 1. The van der Waals surface area contributed by atoms with Gasteiger partial charge in [0.2, 0.25) is 11.8 Å². The lowest BCUT2D eigenvalue weighted by Crippen LogP contribution is -2.48. The zero-order chi connectivity index (χ0) is 29.3. The number of nitrogens with one attached hydrogen (secondary N) is 3. The van der Waals surface area contributed by atoms with Crippen LogP contribution in [0.25, 0.3) is 11.1 Å². The quantitative estimate of drug-likeness (QED) is 0.292. The minimum Gasteiger partial charge on any atom is -0.480 e. The van der Waals surface area contributed by atoms with E-state index in [1.165, 1.54) is 0 Å². The van der Waals surface area contributed by atoms with Crippen molar-refractivity contribution in [2.75, 3.05) is 19.7 Å². The molecule has 0 fully saturated rings. The van der Waals surface area contributed by atoms with Gasteiger partial charge in [-0.3, -0.25) is 19.2 Å². The molecule has 11 nitrogen and oxygen atoms in total. The number of ether oxygens (including phenoxy) is 2. The van der Waals surface area contributed by atoms with Crippen molar-refractivity contribution in [1.82, 2.24) is 16.0 Å². The highest BCUT2D eigenvalue weighted by molar-refractivity contribution is 5.90. The summed E-state index contributed by atoms with van der Waals surface area (Å²) >= 11 is 0. The molecule has 3 rings (SSSR count). The van der Waals surface area contributed by atoms with Gasteiger partial charge in [-0.1, -0.05) is 48.5 Å². The van der Waals surface area contributed by atoms with E-state index in [9.17, 15) is 24.0 Å². The third-order valence-electron chi connectivity index (χ3n) is 6.09. The van der Waals surface area contributed by atoms with Crippen LogP contribution >= 0.6 is 0 Å². The van der Waals surface area contributed by atoms with Crippen LogP contribution in [0, 0.1) is 0 Å². The molecule has 0 unspecified atom stereocenters. The number of aliphatic carboxylic acids is 1. The van der Waals surface area contributed by atoms with Gasteiger partial charge in [-0.15, -0.1) is 0 Å². The molecular weight excluding hydrogens is 518 g/mol. The van der Waals surface area contributed by atoms with Crippen LogP contribution < -0.4 is 16.0 Å². The fourth-order valence-corrected chi connectivity index (χ4v) is 4.40. The van der Waals surface area contributed by atoms with E-state index in [4.69, 9.17) is 14.6 Å². The summed E-state index contributed by atoms with van der Waals surface area (Å²) in [5.41, 5.74) is 3.66. The van der Waals surface area contributed by atoms with Crippen LogP contribution in [0.2, 0.25) is 0 Å². The summed E-state index contributed by atoms with van der Waals surface area (Å²) in [5, 5.41) is 16.0. The number of alkyl carbamates (subject to hydrolysis) is 1. The van der Waals surface area contributed by atoms with Crippen molar-refractivity contribution in [3.8, 4) is 11.1 Å². The van der Waals surface area contributed by atoms with E-state index in [-0.39, 0.29) is 38.3 Å². The first-order valence-corrected chi connectivity index (χ1v) is 13.0. The van der Waals surface area contributed by atoms with E-state index in [1.807, 2.05) is 48.5 Å². The van der Waals surface area contributed by atoms with Crippen LogP contribution in [0.1, 0.15) is 57.1 Å². The number of fused-ring (bicyclic) bond motifs is 3. The van der Waals surface area contributed by atoms with Crippen LogP contribution in [0.4, 0.5) is 4.79 Å². The van der Waals surface area contributed by atoms with Crippen LogP contribution in [0.5, 0.6) is 0 Å². The first-order valence-electron chi connectivity index (χ1n) is 13.0. The summed E-state index contributed by atoms with van der Waals surface area (Å²) in [4.78, 5) is 60.1. The summed E-state index contributed by atoms with van der Waals surface area (Å²) < 4.78 is 10.7. The summed E-state index contributed by atoms with van der Waals surface area (Å²) in [6.07, 6.45) is -1.11. The van der Waals surface area contributed by atoms with Crippen molar-refractivity contribution in [1.29, 1.82) is 0 Å². The molecule has 0 aliphatic heterocycles. The van der Waals surface area contributed by atoms with Gasteiger partial charge in [-0.05, 0) is 49.4 Å². The number of amides is 3. The summed E-state index contributed by atoms with van der Waals surface area (Å²) in [6.45, 7) is 4.54. The van der Waals surface area contributed by atoms with Gasteiger partial charge in [-0.2, -0.15) is 0 Å². The van der Waals surface area contributed by atoms with Crippen LogP contribution in [-0.4, -0.2) is 66.3 Å². The second-order valence-electron chi connectivity index (χ2n) is 10.4. The third kappa shape index (κ3) is 8.82. The number of carbonyl (C=O) groups is 5. The molecule has 214 valence electrons. The Hall–Kier alpha value is -4.41. The molecule has 0 bridgehead atoms. The number of hydrogen-bond donors (Lipinski definition) is 4. The molecule has 1 atom stereocenters. The maximum atomic E-state index is 12.5. The Bertz CT molecular complexity index is 1210. The minimum atomic E-state index is -1.25. The molecule has 2 aromatic carbocycles. The van der Waals surface area contributed by atoms with Crippen molar-refractivity contribution in [2.24, 2.45) is 0 Å². The van der Waals surface area contributed by atoms with Gasteiger partial charge in [-0.25, -0.2) is 4.79 Å². The average molecular weight is 554 g/mol. The zero-order valence-electron chi connectivity index (χ0n) is 22.8. The lowest BCUT2D eigenvalue weighted by molar-refractivity contribution is -0.155. The summed E-state index contributed by atoms with van der Waals surface area (Å²) in [5.74, 6) is -3.23. The number of hydrogen-bond acceptors (Lipinski definition) is 7. The van der Waals surface area contributed by atoms with E-state index >= 15 is 0 Å². The first kappa shape index (κ1) is 30.1. The predicted molar refractivity (Wildman–Crippen MR) is 145 cm³/mol. The Kier molecular flexibility index (Phi) is 10.2. The molecule has 11 heteroatoms. The van der Waals surface area contributed by atoms with E-state index in [2.05, 4.69) is 16.0 Å². The molecule has 0 saturated heterocycles. The number of rotatable bonds is 12. The Balaban J connectivity index is 1.47. The van der Waals surface area contributed by atoms with Crippen molar-refractivity contribution < 1.29 is 38.6 Å². The maximum Gasteiger partial charge on any atom is 0.407 e. The van der Waals surface area contributed by atoms with Crippen molar-refractivity contribution >= 4 is 29.8 Å². The standard InChI is InChI=1S/C29H35N3O8/c1-29(2,3)40-26(36)13-12-23(27(37)31-16-25(34)35)32-24(33)14-15-30-28(38)39-17-22-20-10-6-4-8-18(20)19-9-5-7-11-21(19)22/h4-11,22-23H,12-17H2,1-3H3,(H,30,38)(H,31,37)(H,32,33)(H,34,35)/t23-/m0/s1. The van der Waals surface area contributed by atoms with E-state index in [0.29, 0.717) is 0 Å². The van der Waals surface area contributed by atoms with Crippen molar-refractivity contribution in [3.63, 3.8) is 0 Å². The highest BCUT2D eigenvalue weighted by Gasteiger charge is 2.29. The first-order chi connectivity index (χ1) is 18.9. The molecule has 0 saturated carbocycles. The summed E-state index contributed by atoms with van der Waals surface area (Å²) in [6, 6.07) is 14.8. The van der Waals surface area contributed by atoms with Gasteiger partial charge < -0.3 is 30.5 Å². The predicted octanol–water partition coefficient (Wildman–Crippen LogP) is 2.72. The third-order valence-corrected chi connectivity index (χ3v) is 6.09. The largest absolute Gasteiger partial charge is 0.480 e. The van der Waals surface area contributed by atoms with Crippen molar-refractivity contribution in [3.05, 3.63) is 59.7 Å². The Labute approximate surface area is 232 Å². The summed E-state index contributed by atoms with van der Waals surface area (Å²) in [7, 11) is 0. The minimum absolute atomic E-state index is 0.0575. The molecule has 4 N–H and O–H groups in total. The molecule has 1 aliphatic carbocycles. The molecule has 3 amide bonds. The number of carboxylic acids is 1. The Morgan fingerprint density at radius 2 is 1.50 bits per heavy atom. The van der Waals surface area contributed by atoms with Crippen LogP contribution in [-0.2, 0) is 28.7 Å². The van der Waals surface area contributed by atoms with Gasteiger partial charge in [0.25, 0.3) is 0 Å². The van der Waals surface area contributed by atoms with E-state index in [1.54, 1.807) is 20.8 Å². The van der Waals surface area contributed by atoms with Gasteiger partial charge in [0.15, 0.2) is 0 Å². The van der Waals surface area contributed by atoms with Crippen molar-refractivity contribution in [2.45, 2.75) is 57.6 Å². The van der Waals surface area contributed by atoms with E-state index in [0.717, 1.165) is 22.3 Å². The Morgan fingerprint density at radius 1 is 0.900 bits per heavy atom. The molecule has 0 radical (unpaired) electrons. The fraction of sp³-hybridized carbons (Fsp3) is 0.414. The van der Waals surface area contributed by atoms with Gasteiger partial charge in [0, 0.05) is 25.3 Å². The second-order valence-corrected chi connectivity index (χ2v) is 10.4. The average Bonchev–Trinajstić information content (AvgIpc) is 3.21. The lowest BCUT2D eigenvalue weighted by Gasteiger charge is -2.21. The zero-order valence-corrected chi connectivity index (χ0v) is 22.8. The fourth-order valence-electron chi connectivity index (χ4n) is 4.40. The number of benzene rings is 2. The highest BCUT2D eigenvalue weighted by Crippen LogP contribution is 2.44. The second kappa shape index (κ2) is 13.6. The normalized spacial score (nSPS) is 12.9.